The van der Waals surface area contributed by atoms with Crippen LogP contribution in [0.5, 0.6) is 0 Å². The number of benzene rings is 2. The second-order valence-electron chi connectivity index (χ2n) is 10.4. The Labute approximate surface area is 224 Å². The lowest BCUT2D eigenvalue weighted by Gasteiger charge is -2.22. The Hall–Kier alpha value is -4.56. The van der Waals surface area contributed by atoms with E-state index < -0.39 is 0 Å². The van der Waals surface area contributed by atoms with Gasteiger partial charge >= 0.3 is 0 Å². The summed E-state index contributed by atoms with van der Waals surface area (Å²) in [6.45, 7) is 2.18. The third-order valence-corrected chi connectivity index (χ3v) is 7.67. The van der Waals surface area contributed by atoms with Crippen LogP contribution in [0.2, 0.25) is 0 Å². The van der Waals surface area contributed by atoms with E-state index in [1.807, 2.05) is 36.8 Å². The van der Waals surface area contributed by atoms with Crippen molar-refractivity contribution in [2.24, 2.45) is 5.92 Å². The molecule has 8 heteroatoms. The van der Waals surface area contributed by atoms with Crippen LogP contribution in [0, 0.1) is 11.7 Å². The summed E-state index contributed by atoms with van der Waals surface area (Å²) in [5.74, 6) is 0.334. The topological polar surface area (TPSA) is 108 Å². The maximum Gasteiger partial charge on any atom is 0.125 e. The van der Waals surface area contributed by atoms with Crippen molar-refractivity contribution in [1.29, 1.82) is 0 Å². The lowest BCUT2D eigenvalue weighted by atomic mass is 9.91. The smallest absolute Gasteiger partial charge is 0.125 e. The Morgan fingerprint density at radius 2 is 1.79 bits per heavy atom. The van der Waals surface area contributed by atoms with E-state index in [1.165, 1.54) is 30.5 Å². The van der Waals surface area contributed by atoms with Crippen molar-refractivity contribution < 1.29 is 4.39 Å². The second kappa shape index (κ2) is 9.63. The SMILES string of the molecule is Nc1cc(F)cc(-c2cccc3[nH]c(-c4n[nH]c5cnc(-c6cncc(CC7CCNCC7)c6)cc45)cc23)c1. The molecule has 1 aliphatic heterocycles. The van der Waals surface area contributed by atoms with Crippen molar-refractivity contribution in [1.82, 2.24) is 30.5 Å². The van der Waals surface area contributed by atoms with Crippen LogP contribution >= 0.6 is 0 Å². The number of aromatic amines is 2. The number of hydrogen-bond donors (Lipinski definition) is 4. The van der Waals surface area contributed by atoms with Crippen LogP contribution in [-0.2, 0) is 6.42 Å². The third kappa shape index (κ3) is 4.53. The van der Waals surface area contributed by atoms with Gasteiger partial charge in [0.05, 0.1) is 23.1 Å². The van der Waals surface area contributed by atoms with Gasteiger partial charge in [0.2, 0.25) is 0 Å². The first-order valence-electron chi connectivity index (χ1n) is 13.3. The van der Waals surface area contributed by atoms with Gasteiger partial charge in [0.1, 0.15) is 11.5 Å². The summed E-state index contributed by atoms with van der Waals surface area (Å²) >= 11 is 0. The van der Waals surface area contributed by atoms with Gasteiger partial charge in [-0.3, -0.25) is 15.1 Å². The molecule has 1 fully saturated rings. The fourth-order valence-corrected chi connectivity index (χ4v) is 5.74. The highest BCUT2D eigenvalue weighted by Gasteiger charge is 2.17. The summed E-state index contributed by atoms with van der Waals surface area (Å²) in [4.78, 5) is 12.7. The normalized spacial score (nSPS) is 14.4. The first-order valence-corrected chi connectivity index (χ1v) is 13.3. The van der Waals surface area contributed by atoms with Crippen molar-refractivity contribution in [2.75, 3.05) is 18.8 Å². The van der Waals surface area contributed by atoms with E-state index in [0.717, 1.165) is 75.1 Å². The lowest BCUT2D eigenvalue weighted by Crippen LogP contribution is -2.28. The number of hydrogen-bond acceptors (Lipinski definition) is 5. The molecule has 39 heavy (non-hydrogen) atoms. The number of aromatic nitrogens is 5. The number of H-pyrrole nitrogens is 2. The number of anilines is 1. The monoisotopic (exact) mass is 517 g/mol. The number of nitrogens with zero attached hydrogens (tertiary/aromatic N) is 3. The molecule has 194 valence electrons. The number of halogens is 1. The summed E-state index contributed by atoms with van der Waals surface area (Å²) in [5.41, 5.74) is 14.5. The Bertz CT molecular complexity index is 1790. The predicted octanol–water partition coefficient (Wildman–Crippen LogP) is 6.10. The molecule has 0 radical (unpaired) electrons. The summed E-state index contributed by atoms with van der Waals surface area (Å²) in [7, 11) is 0. The molecule has 0 bridgehead atoms. The zero-order chi connectivity index (χ0) is 26.3. The van der Waals surface area contributed by atoms with Gasteiger partial charge in [0.15, 0.2) is 0 Å². The highest BCUT2D eigenvalue weighted by atomic mass is 19.1. The summed E-state index contributed by atoms with van der Waals surface area (Å²) in [6.07, 6.45) is 9.11. The predicted molar refractivity (Wildman–Crippen MR) is 154 cm³/mol. The molecule has 0 amide bonds. The van der Waals surface area contributed by atoms with Crippen LogP contribution in [0.15, 0.2) is 73.2 Å². The molecule has 4 aromatic heterocycles. The Kier molecular flexibility index (Phi) is 5.82. The molecular formula is C31H28FN7. The van der Waals surface area contributed by atoms with Crippen LogP contribution in [-0.4, -0.2) is 38.2 Å². The first kappa shape index (κ1) is 23.5. The fourth-order valence-electron chi connectivity index (χ4n) is 5.74. The van der Waals surface area contributed by atoms with Gasteiger partial charge in [-0.05, 0) is 97.4 Å². The molecule has 7 rings (SSSR count). The molecule has 7 nitrogen and oxygen atoms in total. The molecule has 5 heterocycles. The number of pyridine rings is 2. The largest absolute Gasteiger partial charge is 0.399 e. The van der Waals surface area contributed by atoms with Crippen LogP contribution < -0.4 is 11.1 Å². The molecule has 0 spiro atoms. The molecule has 1 saturated heterocycles. The van der Waals surface area contributed by atoms with Gasteiger partial charge < -0.3 is 16.0 Å². The van der Waals surface area contributed by atoms with Crippen molar-refractivity contribution in [3.63, 3.8) is 0 Å². The van der Waals surface area contributed by atoms with E-state index in [1.54, 1.807) is 6.07 Å². The molecule has 1 aliphatic rings. The summed E-state index contributed by atoms with van der Waals surface area (Å²) < 4.78 is 14.1. The minimum absolute atomic E-state index is 0.356. The third-order valence-electron chi connectivity index (χ3n) is 7.67. The first-order chi connectivity index (χ1) is 19.1. The minimum atomic E-state index is -0.356. The molecule has 0 saturated carbocycles. The number of nitrogens with one attached hydrogen (secondary N) is 3. The molecular weight excluding hydrogens is 489 g/mol. The van der Waals surface area contributed by atoms with Gasteiger partial charge in [-0.25, -0.2) is 4.39 Å². The van der Waals surface area contributed by atoms with Gasteiger partial charge in [-0.2, -0.15) is 5.10 Å². The van der Waals surface area contributed by atoms with Gasteiger partial charge in [-0.1, -0.05) is 12.1 Å². The highest BCUT2D eigenvalue weighted by Crippen LogP contribution is 2.35. The van der Waals surface area contributed by atoms with E-state index >= 15 is 0 Å². The van der Waals surface area contributed by atoms with Crippen LogP contribution in [0.25, 0.3) is 55.6 Å². The van der Waals surface area contributed by atoms with E-state index in [-0.39, 0.29) is 5.82 Å². The second-order valence-corrected chi connectivity index (χ2v) is 10.4. The highest BCUT2D eigenvalue weighted by molar-refractivity contribution is 6.01. The maximum absolute atomic E-state index is 14.1. The Balaban J connectivity index is 1.26. The molecule has 6 aromatic rings. The average Bonchev–Trinajstić information content (AvgIpc) is 3.57. The minimum Gasteiger partial charge on any atom is -0.399 e. The maximum atomic E-state index is 14.1. The number of rotatable bonds is 5. The molecule has 0 aliphatic carbocycles. The molecule has 2 aromatic carbocycles. The lowest BCUT2D eigenvalue weighted by molar-refractivity contribution is 0.372. The number of piperidine rings is 1. The van der Waals surface area contributed by atoms with Crippen molar-refractivity contribution in [2.45, 2.75) is 19.3 Å². The van der Waals surface area contributed by atoms with Gasteiger partial charge in [0.25, 0.3) is 0 Å². The Morgan fingerprint density at radius 1 is 0.897 bits per heavy atom. The zero-order valence-corrected chi connectivity index (χ0v) is 21.3. The fraction of sp³-hybridized carbons (Fsp3) is 0.194. The van der Waals surface area contributed by atoms with Crippen molar-refractivity contribution in [3.8, 4) is 33.8 Å². The number of fused-ring (bicyclic) bond motifs is 2. The zero-order valence-electron chi connectivity index (χ0n) is 21.3. The quantitative estimate of drug-likeness (QED) is 0.207. The van der Waals surface area contributed by atoms with E-state index in [0.29, 0.717) is 11.6 Å². The van der Waals surface area contributed by atoms with Crippen molar-refractivity contribution >= 4 is 27.5 Å². The van der Waals surface area contributed by atoms with Gasteiger partial charge in [-0.15, -0.1) is 0 Å². The summed E-state index contributed by atoms with van der Waals surface area (Å²) in [6, 6.07) is 16.9. The molecule has 0 atom stereocenters. The van der Waals surface area contributed by atoms with Gasteiger partial charge in [0, 0.05) is 39.9 Å². The average molecular weight is 518 g/mol. The number of nitrogen functional groups attached to an aromatic ring is 1. The van der Waals surface area contributed by atoms with E-state index in [2.05, 4.69) is 43.7 Å². The van der Waals surface area contributed by atoms with Crippen molar-refractivity contribution in [3.05, 3.63) is 84.6 Å². The Morgan fingerprint density at radius 3 is 2.67 bits per heavy atom. The van der Waals surface area contributed by atoms with Crippen LogP contribution in [0.3, 0.4) is 0 Å². The van der Waals surface area contributed by atoms with Crippen LogP contribution in [0.4, 0.5) is 10.1 Å². The van der Waals surface area contributed by atoms with Crippen LogP contribution in [0.1, 0.15) is 18.4 Å². The number of nitrogens with two attached hydrogens (primary N) is 1. The standard InChI is InChI=1S/C31H28FN7/c32-22-10-20(11-23(33)12-22)24-2-1-3-27-25(24)13-29(37-27)31-26-14-28(36-17-30(26)38-39-31)21-9-19(15-35-16-21)8-18-4-6-34-7-5-18/h1-3,9-18,34,37H,4-8,33H2,(H,38,39). The van der Waals surface area contributed by atoms with E-state index in [9.17, 15) is 4.39 Å². The molecule has 0 unspecified atom stereocenters. The van der Waals surface area contributed by atoms with E-state index in [4.69, 9.17) is 10.7 Å². The molecule has 5 N–H and O–H groups in total. The summed E-state index contributed by atoms with van der Waals surface area (Å²) in [5, 5.41) is 13.1.